The zero-order valence-corrected chi connectivity index (χ0v) is 39.4. The van der Waals surface area contributed by atoms with Gasteiger partial charge in [0.05, 0.1) is 0 Å². The van der Waals surface area contributed by atoms with Gasteiger partial charge in [0.1, 0.15) is 0 Å². The predicted molar refractivity (Wildman–Crippen MR) is 218 cm³/mol. The first-order valence-electron chi connectivity index (χ1n) is 19.5. The standard InChI is InChI=1S/C29H55O3Si2.3C4H9.Sn/c1-21(2)24-19-22(3)20-26(32-34(13,14)29(8,9)10)27(24)23(4)25(30)17-15-16-18-31-33(11,12)28(5,6)7;3*1-3-4-2;/h17,20,23-27,30H,1,16,18-19H2,2-14H3;3*1,3-4H2,2H3;/t23-,24-,25?,26+,27-;;;;/m0..../s1. The van der Waals surface area contributed by atoms with E-state index in [2.05, 4.69) is 128 Å². The van der Waals surface area contributed by atoms with Crippen molar-refractivity contribution in [3.05, 3.63) is 33.5 Å². The molecule has 47 heavy (non-hydrogen) atoms. The molecule has 1 aliphatic rings. The van der Waals surface area contributed by atoms with Gasteiger partial charge < -0.3 is 0 Å². The Morgan fingerprint density at radius 2 is 1.40 bits per heavy atom. The molecule has 0 aromatic rings. The van der Waals surface area contributed by atoms with E-state index in [0.29, 0.717) is 5.92 Å². The molecule has 276 valence electrons. The Bertz CT molecular complexity index is 995. The first kappa shape index (κ1) is 45.4. The summed E-state index contributed by atoms with van der Waals surface area (Å²) in [7, 11) is -3.91. The van der Waals surface area contributed by atoms with E-state index < -0.39 is 41.1 Å². The van der Waals surface area contributed by atoms with Gasteiger partial charge in [0.2, 0.25) is 0 Å². The summed E-state index contributed by atoms with van der Waals surface area (Å²) in [6.07, 6.45) is 14.1. The van der Waals surface area contributed by atoms with Crippen LogP contribution in [0.1, 0.15) is 134 Å². The van der Waals surface area contributed by atoms with Gasteiger partial charge in [0, 0.05) is 0 Å². The molecule has 0 saturated carbocycles. The Hall–Kier alpha value is 0.332. The molecule has 1 aliphatic carbocycles. The molecule has 0 bridgehead atoms. The Balaban J connectivity index is 3.77. The van der Waals surface area contributed by atoms with Gasteiger partial charge in [-0.1, -0.05) is 0 Å². The van der Waals surface area contributed by atoms with Crippen LogP contribution in [0, 0.1) is 17.8 Å². The summed E-state index contributed by atoms with van der Waals surface area (Å²) in [5.41, 5.74) is 2.62. The maximum absolute atomic E-state index is 12.4. The van der Waals surface area contributed by atoms with Crippen molar-refractivity contribution < 1.29 is 14.0 Å². The molecular formula is C41H82O3Si2Sn. The molecule has 1 rings (SSSR count). The number of hydrogen-bond donors (Lipinski definition) is 1. The second-order valence-electron chi connectivity index (χ2n) is 18.6. The molecule has 0 spiro atoms. The monoisotopic (exact) mass is 798 g/mol. The van der Waals surface area contributed by atoms with E-state index >= 15 is 0 Å². The average molecular weight is 798 g/mol. The van der Waals surface area contributed by atoms with E-state index in [4.69, 9.17) is 8.85 Å². The molecule has 1 N–H and O–H groups in total. The summed E-state index contributed by atoms with van der Waals surface area (Å²) in [4.78, 5) is 0. The van der Waals surface area contributed by atoms with Crippen LogP contribution in [0.3, 0.4) is 0 Å². The van der Waals surface area contributed by atoms with Gasteiger partial charge in [-0.2, -0.15) is 0 Å². The Kier molecular flexibility index (Phi) is 18.6. The zero-order valence-electron chi connectivity index (χ0n) is 34.5. The van der Waals surface area contributed by atoms with Crippen molar-refractivity contribution in [2.75, 3.05) is 6.61 Å². The van der Waals surface area contributed by atoms with Crippen LogP contribution in [-0.4, -0.2) is 58.9 Å². The van der Waals surface area contributed by atoms with E-state index in [1.54, 1.807) is 3.59 Å². The third kappa shape index (κ3) is 13.1. The van der Waals surface area contributed by atoms with Gasteiger partial charge in [-0.25, -0.2) is 0 Å². The van der Waals surface area contributed by atoms with Crippen molar-refractivity contribution in [3.8, 4) is 0 Å². The molecule has 0 aliphatic heterocycles. The molecule has 0 fully saturated rings. The maximum atomic E-state index is 12.4. The molecule has 3 nitrogen and oxygen atoms in total. The summed E-state index contributed by atoms with van der Waals surface area (Å²) in [6.45, 7) is 42.7. The van der Waals surface area contributed by atoms with E-state index in [1.807, 2.05) is 0 Å². The molecule has 0 aromatic carbocycles. The topological polar surface area (TPSA) is 38.7 Å². The number of allylic oxidation sites excluding steroid dienone is 2. The van der Waals surface area contributed by atoms with E-state index in [-0.39, 0.29) is 28.0 Å². The number of aliphatic hydroxyl groups is 1. The Labute approximate surface area is 301 Å². The number of hydrogen-bond acceptors (Lipinski definition) is 3. The van der Waals surface area contributed by atoms with Gasteiger partial charge in [-0.15, -0.1) is 0 Å². The SMILES string of the molecule is C=C(C)[C@@H]1CC(C)=C[C@@H](O[Si](C)(C)C(C)(C)C)[C@H]1[C@@H](C)C(O)/C=[C](\CCO[Si](C)(C)C(C)(C)C)[Sn]([CH2]CCC)([CH2]CCC)[CH2]CCC. The quantitative estimate of drug-likeness (QED) is 0.0985. The van der Waals surface area contributed by atoms with Crippen molar-refractivity contribution in [1.82, 2.24) is 0 Å². The third-order valence-electron chi connectivity index (χ3n) is 12.6. The van der Waals surface area contributed by atoms with Crippen molar-refractivity contribution in [1.29, 1.82) is 0 Å². The molecule has 0 amide bonds. The first-order valence-corrected chi connectivity index (χ1v) is 32.8. The fraction of sp³-hybridized carbons (Fsp3) is 0.854. The van der Waals surface area contributed by atoms with Crippen LogP contribution in [-0.2, 0) is 8.85 Å². The van der Waals surface area contributed by atoms with Gasteiger partial charge in [0.25, 0.3) is 0 Å². The average Bonchev–Trinajstić information content (AvgIpc) is 2.94. The van der Waals surface area contributed by atoms with Crippen LogP contribution < -0.4 is 0 Å². The van der Waals surface area contributed by atoms with Crippen LogP contribution in [0.5, 0.6) is 0 Å². The van der Waals surface area contributed by atoms with Gasteiger partial charge in [-0.05, 0) is 0 Å². The second kappa shape index (κ2) is 19.2. The van der Waals surface area contributed by atoms with Crippen LogP contribution >= 0.6 is 0 Å². The predicted octanol–water partition coefficient (Wildman–Crippen LogP) is 13.3. The minimum absolute atomic E-state index is 0.00306. The molecule has 6 heteroatoms. The van der Waals surface area contributed by atoms with Crippen LogP contribution in [0.2, 0.25) is 49.6 Å². The summed E-state index contributed by atoms with van der Waals surface area (Å²) in [5.74, 6) is 0.583. The summed E-state index contributed by atoms with van der Waals surface area (Å²) < 4.78 is 20.0. The molecule has 1 unspecified atom stereocenters. The molecule has 0 radical (unpaired) electrons. The third-order valence-corrected chi connectivity index (χ3v) is 37.9. The second-order valence-corrected chi connectivity index (χ2v) is 41.6. The number of unbranched alkanes of at least 4 members (excludes halogenated alkanes) is 3. The fourth-order valence-electron chi connectivity index (χ4n) is 7.12. The van der Waals surface area contributed by atoms with Crippen LogP contribution in [0.25, 0.3) is 0 Å². The summed E-state index contributed by atoms with van der Waals surface area (Å²) >= 11 is -2.84. The van der Waals surface area contributed by atoms with Gasteiger partial charge in [0.15, 0.2) is 0 Å². The van der Waals surface area contributed by atoms with Crippen molar-refractivity contribution in [3.63, 3.8) is 0 Å². The summed E-state index contributed by atoms with van der Waals surface area (Å²) in [5, 5.41) is 12.8. The van der Waals surface area contributed by atoms with Crippen molar-refractivity contribution in [2.45, 2.75) is 196 Å². The number of aliphatic hydroxyl groups excluding tert-OH is 1. The number of rotatable bonds is 20. The molecule has 5 atom stereocenters. The van der Waals surface area contributed by atoms with Gasteiger partial charge in [-0.3, -0.25) is 0 Å². The Morgan fingerprint density at radius 3 is 1.81 bits per heavy atom. The van der Waals surface area contributed by atoms with E-state index in [9.17, 15) is 5.11 Å². The zero-order chi connectivity index (χ0) is 36.4. The van der Waals surface area contributed by atoms with Crippen molar-refractivity contribution in [2.24, 2.45) is 17.8 Å². The van der Waals surface area contributed by atoms with Crippen molar-refractivity contribution >= 4 is 35.0 Å². The minimum atomic E-state index is -2.84. The van der Waals surface area contributed by atoms with Crippen LogP contribution in [0.15, 0.2) is 33.5 Å². The van der Waals surface area contributed by atoms with E-state index in [0.717, 1.165) is 19.4 Å². The molecule has 0 heterocycles. The summed E-state index contributed by atoms with van der Waals surface area (Å²) in [6, 6.07) is 0. The van der Waals surface area contributed by atoms with E-state index in [1.165, 1.54) is 63.0 Å². The van der Waals surface area contributed by atoms with Gasteiger partial charge >= 0.3 is 303 Å². The normalized spacial score (nSPS) is 21.9. The Morgan fingerprint density at radius 1 is 0.936 bits per heavy atom. The molecule has 0 aromatic heterocycles. The molecular weight excluding hydrogens is 715 g/mol. The van der Waals surface area contributed by atoms with Crippen LogP contribution in [0.4, 0.5) is 0 Å². The first-order chi connectivity index (χ1) is 21.5. The molecule has 0 saturated heterocycles. The fourth-order valence-corrected chi connectivity index (χ4v) is 26.4.